The molecule has 0 aliphatic carbocycles. The molecule has 1 aliphatic heterocycles. The number of carbonyl (C=O) groups is 2. The van der Waals surface area contributed by atoms with Crippen molar-refractivity contribution in [3.05, 3.63) is 48.0 Å². The molecule has 0 fully saturated rings. The molecule has 0 aromatic heterocycles. The molecular formula is C20H21F2N3O2S. The fourth-order valence-corrected chi connectivity index (χ4v) is 3.60. The highest BCUT2D eigenvalue weighted by atomic mass is 32.2. The first-order chi connectivity index (χ1) is 13.3. The Hall–Kier alpha value is -2.61. The zero-order chi connectivity index (χ0) is 20.3. The Balaban J connectivity index is 1.59. The van der Waals surface area contributed by atoms with Gasteiger partial charge in [-0.25, -0.2) is 0 Å². The van der Waals surface area contributed by atoms with Crippen molar-refractivity contribution in [3.63, 3.8) is 0 Å². The molecule has 0 unspecified atom stereocenters. The molecule has 2 amide bonds. The van der Waals surface area contributed by atoms with E-state index < -0.39 is 11.8 Å². The van der Waals surface area contributed by atoms with Crippen molar-refractivity contribution in [2.75, 3.05) is 22.1 Å². The number of nitrogens with zero attached hydrogens (tertiary/aromatic N) is 1. The van der Waals surface area contributed by atoms with E-state index in [2.05, 4.69) is 10.6 Å². The van der Waals surface area contributed by atoms with E-state index in [0.29, 0.717) is 28.9 Å². The average Bonchev–Trinajstić information content (AvgIpc) is 3.06. The molecular weight excluding hydrogens is 384 g/mol. The van der Waals surface area contributed by atoms with E-state index in [4.69, 9.17) is 0 Å². The molecule has 0 bridgehead atoms. The van der Waals surface area contributed by atoms with Gasteiger partial charge in [-0.1, -0.05) is 11.8 Å². The summed E-state index contributed by atoms with van der Waals surface area (Å²) in [4.78, 5) is 26.2. The van der Waals surface area contributed by atoms with Gasteiger partial charge in [0.05, 0.1) is 0 Å². The smallest absolute Gasteiger partial charge is 0.288 e. The fraction of sp³-hybridized carbons (Fsp3) is 0.300. The highest BCUT2D eigenvalue weighted by Gasteiger charge is 2.22. The normalized spacial score (nSPS) is 14.0. The van der Waals surface area contributed by atoms with Gasteiger partial charge in [0, 0.05) is 35.4 Å². The minimum Gasteiger partial charge on any atom is -0.374 e. The second-order valence-electron chi connectivity index (χ2n) is 6.52. The summed E-state index contributed by atoms with van der Waals surface area (Å²) in [5, 5.41) is 5.92. The number of nitrogens with one attached hydrogen (secondary N) is 2. The average molecular weight is 405 g/mol. The number of thioether (sulfide) groups is 1. The van der Waals surface area contributed by atoms with E-state index in [0.717, 1.165) is 23.4 Å². The minimum absolute atomic E-state index is 0.0187. The minimum atomic E-state index is -2.47. The summed E-state index contributed by atoms with van der Waals surface area (Å²) in [7, 11) is 0. The molecule has 8 heteroatoms. The van der Waals surface area contributed by atoms with Crippen LogP contribution in [0.5, 0.6) is 0 Å². The molecule has 3 rings (SSSR count). The molecule has 2 aromatic carbocycles. The van der Waals surface area contributed by atoms with Crippen molar-refractivity contribution in [2.45, 2.75) is 37.0 Å². The van der Waals surface area contributed by atoms with Gasteiger partial charge >= 0.3 is 0 Å². The van der Waals surface area contributed by atoms with Crippen LogP contribution in [0.1, 0.15) is 19.4 Å². The van der Waals surface area contributed by atoms with Crippen molar-refractivity contribution >= 4 is 40.6 Å². The van der Waals surface area contributed by atoms with E-state index in [-0.39, 0.29) is 11.8 Å². The van der Waals surface area contributed by atoms with Gasteiger partial charge in [0.25, 0.3) is 5.76 Å². The summed E-state index contributed by atoms with van der Waals surface area (Å²) in [6.45, 7) is 3.96. The van der Waals surface area contributed by atoms with Gasteiger partial charge in [0.2, 0.25) is 11.8 Å². The van der Waals surface area contributed by atoms with Crippen LogP contribution in [0.15, 0.2) is 47.4 Å². The third-order valence-electron chi connectivity index (χ3n) is 4.48. The number of carbonyl (C=O) groups excluding carboxylic acids is 2. The lowest BCUT2D eigenvalue weighted by Gasteiger charge is -2.18. The third kappa shape index (κ3) is 4.81. The van der Waals surface area contributed by atoms with Gasteiger partial charge < -0.3 is 15.5 Å². The molecule has 2 N–H and O–H groups in total. The molecule has 0 spiro atoms. The standard InChI is InChI=1S/C20H21F2N3O2S/c1-12(19(27)24-15-3-6-17(7-4-15)28-20(21)22)23-16-5-8-18-14(11-16)9-10-25(18)13(2)26/h3-8,11-12,20,23H,9-10H2,1-2H3,(H,24,27)/t12-/m1/s1. The van der Waals surface area contributed by atoms with Crippen molar-refractivity contribution in [1.82, 2.24) is 0 Å². The van der Waals surface area contributed by atoms with Crippen LogP contribution >= 0.6 is 11.8 Å². The van der Waals surface area contributed by atoms with E-state index in [1.165, 1.54) is 0 Å². The lowest BCUT2D eigenvalue weighted by atomic mass is 10.1. The second-order valence-corrected chi connectivity index (χ2v) is 7.59. The monoisotopic (exact) mass is 405 g/mol. The number of rotatable bonds is 6. The lowest BCUT2D eigenvalue weighted by Crippen LogP contribution is -2.31. The van der Waals surface area contributed by atoms with Gasteiger partial charge in [-0.05, 0) is 61.4 Å². The summed E-state index contributed by atoms with van der Waals surface area (Å²) in [5.41, 5.74) is 3.33. The Kier molecular flexibility index (Phi) is 6.18. The first-order valence-corrected chi connectivity index (χ1v) is 9.75. The van der Waals surface area contributed by atoms with E-state index in [9.17, 15) is 18.4 Å². The van der Waals surface area contributed by atoms with Crippen molar-refractivity contribution in [2.24, 2.45) is 0 Å². The fourth-order valence-electron chi connectivity index (χ4n) is 3.10. The van der Waals surface area contributed by atoms with Crippen LogP contribution in [0.4, 0.5) is 25.8 Å². The topological polar surface area (TPSA) is 61.4 Å². The molecule has 5 nitrogen and oxygen atoms in total. The number of halogens is 2. The number of hydrogen-bond acceptors (Lipinski definition) is 4. The largest absolute Gasteiger partial charge is 0.374 e. The molecule has 2 aromatic rings. The van der Waals surface area contributed by atoms with Crippen LogP contribution in [0, 0.1) is 0 Å². The Bertz CT molecular complexity index is 874. The van der Waals surface area contributed by atoms with Crippen LogP contribution in [-0.4, -0.2) is 30.2 Å². The lowest BCUT2D eigenvalue weighted by molar-refractivity contribution is -0.117. The van der Waals surface area contributed by atoms with Gasteiger partial charge in [-0.3, -0.25) is 9.59 Å². The van der Waals surface area contributed by atoms with Crippen LogP contribution < -0.4 is 15.5 Å². The molecule has 148 valence electrons. The molecule has 1 heterocycles. The van der Waals surface area contributed by atoms with Crippen LogP contribution in [0.25, 0.3) is 0 Å². The van der Waals surface area contributed by atoms with E-state index >= 15 is 0 Å². The highest BCUT2D eigenvalue weighted by Crippen LogP contribution is 2.31. The van der Waals surface area contributed by atoms with Crippen LogP contribution in [0.2, 0.25) is 0 Å². The van der Waals surface area contributed by atoms with Crippen LogP contribution in [0.3, 0.4) is 0 Å². The van der Waals surface area contributed by atoms with Gasteiger partial charge in [0.15, 0.2) is 0 Å². The first kappa shape index (κ1) is 20.1. The number of fused-ring (bicyclic) bond motifs is 1. The molecule has 28 heavy (non-hydrogen) atoms. The zero-order valence-corrected chi connectivity index (χ0v) is 16.4. The quantitative estimate of drug-likeness (QED) is 0.702. The predicted molar refractivity (Wildman–Crippen MR) is 108 cm³/mol. The number of benzene rings is 2. The molecule has 1 atom stereocenters. The SMILES string of the molecule is CC(=O)N1CCc2cc(N[C@H](C)C(=O)Nc3ccc(SC(F)F)cc3)ccc21. The summed E-state index contributed by atoms with van der Waals surface area (Å²) in [6.07, 6.45) is 0.786. The van der Waals surface area contributed by atoms with Gasteiger partial charge in [-0.15, -0.1) is 0 Å². The Labute approximate surface area is 166 Å². The van der Waals surface area contributed by atoms with E-state index in [1.807, 2.05) is 18.2 Å². The van der Waals surface area contributed by atoms with E-state index in [1.54, 1.807) is 43.0 Å². The van der Waals surface area contributed by atoms with Crippen molar-refractivity contribution in [1.29, 1.82) is 0 Å². The second kappa shape index (κ2) is 8.60. The molecule has 1 aliphatic rings. The van der Waals surface area contributed by atoms with Crippen LogP contribution in [-0.2, 0) is 16.0 Å². The molecule has 0 radical (unpaired) electrons. The summed E-state index contributed by atoms with van der Waals surface area (Å²) >= 11 is 0.463. The maximum atomic E-state index is 12.4. The molecule has 0 saturated carbocycles. The Morgan fingerprint density at radius 2 is 1.79 bits per heavy atom. The summed E-state index contributed by atoms with van der Waals surface area (Å²) < 4.78 is 24.7. The van der Waals surface area contributed by atoms with Gasteiger partial charge in [-0.2, -0.15) is 8.78 Å². The first-order valence-electron chi connectivity index (χ1n) is 8.87. The zero-order valence-electron chi connectivity index (χ0n) is 15.5. The number of anilines is 3. The molecule has 0 saturated heterocycles. The third-order valence-corrected chi connectivity index (χ3v) is 5.20. The predicted octanol–water partition coefficient (Wildman–Crippen LogP) is 4.35. The number of alkyl halides is 2. The maximum Gasteiger partial charge on any atom is 0.288 e. The summed E-state index contributed by atoms with van der Waals surface area (Å²) in [5.74, 6) is -2.69. The van der Waals surface area contributed by atoms with Crippen molar-refractivity contribution < 1.29 is 18.4 Å². The van der Waals surface area contributed by atoms with Crippen molar-refractivity contribution in [3.8, 4) is 0 Å². The number of amides is 2. The highest BCUT2D eigenvalue weighted by molar-refractivity contribution is 7.99. The van der Waals surface area contributed by atoms with Gasteiger partial charge in [0.1, 0.15) is 6.04 Å². The Morgan fingerprint density at radius 3 is 2.43 bits per heavy atom. The Morgan fingerprint density at radius 1 is 1.11 bits per heavy atom. The summed E-state index contributed by atoms with van der Waals surface area (Å²) in [6, 6.07) is 11.5. The maximum absolute atomic E-state index is 12.4. The number of hydrogen-bond donors (Lipinski definition) is 2.